The molecule has 0 radical (unpaired) electrons. The van der Waals surface area contributed by atoms with E-state index in [4.69, 9.17) is 86.9 Å². The number of carbonyl (C=O) groups excluding carboxylic acids is 6. The van der Waals surface area contributed by atoms with Gasteiger partial charge in [-0.2, -0.15) is 0 Å². The van der Waals surface area contributed by atoms with Crippen LogP contribution in [-0.4, -0.2) is 41.9 Å². The zero-order valence-corrected chi connectivity index (χ0v) is 28.5. The van der Waals surface area contributed by atoms with Crippen molar-refractivity contribution in [3.63, 3.8) is 0 Å². The molecule has 0 atom stereocenters. The number of carbonyl (C=O) groups is 6. The molecule has 0 aromatic heterocycles. The van der Waals surface area contributed by atoms with Crippen LogP contribution in [0.15, 0.2) is 84.9 Å². The van der Waals surface area contributed by atoms with Crippen LogP contribution in [0.3, 0.4) is 0 Å². The van der Waals surface area contributed by atoms with Gasteiger partial charge in [-0.05, 0) is 70.3 Å². The van der Waals surface area contributed by atoms with Gasteiger partial charge in [0, 0.05) is 33.6 Å². The number of anilines is 2. The van der Waals surface area contributed by atoms with Gasteiger partial charge in [0.25, 0.3) is 18.7 Å². The number of amides is 1. The lowest BCUT2D eigenvalue weighted by molar-refractivity contribution is -0.115. The maximum Gasteiger partial charge on any atom is 0.276 e. The fourth-order valence-corrected chi connectivity index (χ4v) is 4.69. The minimum Gasteiger partial charge on any atom is -0.399 e. The molecule has 15 heteroatoms. The van der Waals surface area contributed by atoms with Gasteiger partial charge in [0.2, 0.25) is 23.1 Å². The quantitative estimate of drug-likeness (QED) is 0.0856. The normalized spacial score (nSPS) is 13.0. The molecule has 0 aliphatic heterocycles. The van der Waals surface area contributed by atoms with Gasteiger partial charge in [0.1, 0.15) is 0 Å². The van der Waals surface area contributed by atoms with Crippen LogP contribution in [0.25, 0.3) is 22.3 Å². The summed E-state index contributed by atoms with van der Waals surface area (Å²) in [4.78, 5) is 69.6. The standard InChI is InChI=1S/C16H8Cl3NO3.C14H9NO2.C2Cl4O/c17-16(18,19)15(23)20-8-5-6-11-12(7-8)9-3-1-2-4-10(9)13(21)14(11)22;15-8-5-6-11-12(7-8)9-3-1-2-4-10(9)13(16)14(11)17;3-1(7)2(4,5)6/h1-7H,(H,20,23);1-7H,15H2;. The number of nitrogens with one attached hydrogen (secondary N) is 1. The van der Waals surface area contributed by atoms with Crippen molar-refractivity contribution in [3.05, 3.63) is 107 Å². The van der Waals surface area contributed by atoms with Gasteiger partial charge in [-0.25, -0.2) is 0 Å². The van der Waals surface area contributed by atoms with E-state index < -0.39 is 41.9 Å². The third kappa shape index (κ3) is 8.16. The molecule has 4 aromatic rings. The van der Waals surface area contributed by atoms with E-state index in [2.05, 4.69) is 5.32 Å². The van der Waals surface area contributed by atoms with E-state index >= 15 is 0 Å². The molecule has 0 heterocycles. The van der Waals surface area contributed by atoms with E-state index in [0.29, 0.717) is 39.2 Å². The van der Waals surface area contributed by atoms with Crippen LogP contribution in [0.1, 0.15) is 41.4 Å². The summed E-state index contributed by atoms with van der Waals surface area (Å²) < 4.78 is -4.05. The molecular weight excluding hydrogens is 757 g/mol. The lowest BCUT2D eigenvalue weighted by Gasteiger charge is -2.19. The molecule has 0 fully saturated rings. The molecule has 3 N–H and O–H groups in total. The number of nitrogen functional groups attached to an aromatic ring is 1. The van der Waals surface area contributed by atoms with E-state index in [9.17, 15) is 28.8 Å². The van der Waals surface area contributed by atoms with Crippen LogP contribution in [0.4, 0.5) is 11.4 Å². The van der Waals surface area contributed by atoms with Crippen molar-refractivity contribution in [2.75, 3.05) is 11.1 Å². The molecule has 0 bridgehead atoms. The first kappa shape index (κ1) is 36.4. The van der Waals surface area contributed by atoms with Gasteiger partial charge in [0.15, 0.2) is 0 Å². The number of hydrogen-bond donors (Lipinski definition) is 2. The van der Waals surface area contributed by atoms with Crippen LogP contribution in [-0.2, 0) is 9.59 Å². The van der Waals surface area contributed by atoms with Crippen LogP contribution < -0.4 is 11.1 Å². The molecule has 1 amide bonds. The monoisotopic (exact) mass is 770 g/mol. The SMILES string of the molecule is Nc1ccc2c(c1)-c1ccccc1C(=O)C2=O.O=C(Cl)C(Cl)(Cl)Cl.O=C1C(=O)c2ccc(NC(=O)C(Cl)(Cl)Cl)cc2-c2ccccc21. The molecule has 8 nitrogen and oxygen atoms in total. The maximum absolute atomic E-state index is 12.2. The van der Waals surface area contributed by atoms with E-state index in [1.165, 1.54) is 12.1 Å². The maximum atomic E-state index is 12.2. The molecular formula is C32H17Cl7N2O6. The van der Waals surface area contributed by atoms with Gasteiger partial charge in [-0.15, -0.1) is 0 Å². The summed E-state index contributed by atoms with van der Waals surface area (Å²) in [6.45, 7) is 0. The third-order valence-corrected chi connectivity index (χ3v) is 8.23. The van der Waals surface area contributed by atoms with Crippen molar-refractivity contribution < 1.29 is 28.8 Å². The highest BCUT2D eigenvalue weighted by atomic mass is 35.6. The van der Waals surface area contributed by atoms with Crippen LogP contribution in [0.2, 0.25) is 0 Å². The second-order valence-electron chi connectivity index (χ2n) is 9.70. The first-order valence-electron chi connectivity index (χ1n) is 13.0. The van der Waals surface area contributed by atoms with Crippen molar-refractivity contribution in [3.8, 4) is 22.3 Å². The number of ketones is 4. The Labute approximate surface area is 302 Å². The minimum atomic E-state index is -2.10. The molecule has 4 aromatic carbocycles. The minimum absolute atomic E-state index is 0.278. The van der Waals surface area contributed by atoms with Crippen molar-refractivity contribution in [1.29, 1.82) is 0 Å². The fraction of sp³-hybridized carbons (Fsp3) is 0.0625. The molecule has 47 heavy (non-hydrogen) atoms. The molecule has 2 aliphatic carbocycles. The average molecular weight is 774 g/mol. The summed E-state index contributed by atoms with van der Waals surface area (Å²) >= 11 is 36.0. The highest BCUT2D eigenvalue weighted by molar-refractivity contribution is 6.88. The number of hydrogen-bond acceptors (Lipinski definition) is 7. The van der Waals surface area contributed by atoms with Gasteiger partial charge < -0.3 is 11.1 Å². The van der Waals surface area contributed by atoms with Crippen LogP contribution in [0, 0.1) is 0 Å². The summed E-state index contributed by atoms with van der Waals surface area (Å²) in [6.07, 6.45) is 0. The number of rotatable bonds is 1. The Morgan fingerprint density at radius 2 is 0.872 bits per heavy atom. The zero-order chi connectivity index (χ0) is 34.8. The third-order valence-electron chi connectivity index (χ3n) is 6.63. The summed E-state index contributed by atoms with van der Waals surface area (Å²) in [5, 5.41) is 1.47. The summed E-state index contributed by atoms with van der Waals surface area (Å²) in [7, 11) is 0. The number of nitrogens with two attached hydrogens (primary N) is 1. The van der Waals surface area contributed by atoms with E-state index in [1.807, 2.05) is 12.1 Å². The molecule has 0 unspecified atom stereocenters. The first-order valence-corrected chi connectivity index (χ1v) is 15.6. The Hall–Kier alpha value is -3.47. The zero-order valence-electron chi connectivity index (χ0n) is 23.3. The van der Waals surface area contributed by atoms with Gasteiger partial charge in [-0.3, -0.25) is 28.8 Å². The Kier molecular flexibility index (Phi) is 11.1. The Balaban J connectivity index is 0.000000182. The lowest BCUT2D eigenvalue weighted by atomic mass is 9.84. The largest absolute Gasteiger partial charge is 0.399 e. The van der Waals surface area contributed by atoms with Crippen molar-refractivity contribution in [2.45, 2.75) is 7.59 Å². The summed E-state index contributed by atoms with van der Waals surface area (Å²) in [6, 6.07) is 23.4. The van der Waals surface area contributed by atoms with Crippen LogP contribution in [0.5, 0.6) is 0 Å². The molecule has 6 rings (SSSR count). The highest BCUT2D eigenvalue weighted by Gasteiger charge is 2.33. The van der Waals surface area contributed by atoms with Gasteiger partial charge in [0.05, 0.1) is 0 Å². The molecule has 2 aliphatic rings. The Morgan fingerprint density at radius 1 is 0.511 bits per heavy atom. The lowest BCUT2D eigenvalue weighted by Crippen LogP contribution is -2.27. The van der Waals surface area contributed by atoms with E-state index in [1.54, 1.807) is 60.7 Å². The number of alkyl halides is 6. The van der Waals surface area contributed by atoms with Crippen molar-refractivity contribution >= 4 is 127 Å². The second kappa shape index (κ2) is 14.3. The smallest absolute Gasteiger partial charge is 0.276 e. The van der Waals surface area contributed by atoms with Gasteiger partial charge >= 0.3 is 0 Å². The molecule has 240 valence electrons. The molecule has 0 saturated heterocycles. The number of fused-ring (bicyclic) bond motifs is 6. The number of halogens is 7. The molecule has 0 spiro atoms. The Morgan fingerprint density at radius 3 is 1.28 bits per heavy atom. The fourth-order valence-electron chi connectivity index (χ4n) is 4.55. The number of benzene rings is 4. The molecule has 0 saturated carbocycles. The van der Waals surface area contributed by atoms with E-state index in [0.717, 1.165) is 11.1 Å². The average Bonchev–Trinajstić information content (AvgIpc) is 3.02. The second-order valence-corrected chi connectivity index (χ2v) is 14.6. The van der Waals surface area contributed by atoms with Crippen molar-refractivity contribution in [1.82, 2.24) is 0 Å². The predicted molar refractivity (Wildman–Crippen MR) is 186 cm³/mol. The first-order chi connectivity index (χ1) is 21.9. The summed E-state index contributed by atoms with van der Waals surface area (Å²) in [5.41, 5.74) is 10.8. The highest BCUT2D eigenvalue weighted by Crippen LogP contribution is 2.37. The van der Waals surface area contributed by atoms with Crippen LogP contribution >= 0.6 is 81.2 Å². The summed E-state index contributed by atoms with van der Waals surface area (Å²) in [5.74, 6) is -2.85. The predicted octanol–water partition coefficient (Wildman–Crippen LogP) is 8.48. The Bertz CT molecular complexity index is 1980. The van der Waals surface area contributed by atoms with Gasteiger partial charge in [-0.1, -0.05) is 118 Å². The topological polar surface area (TPSA) is 140 Å². The number of Topliss-reactive ketones (excluding diaryl/α,β-unsaturated/α-hetero) is 4. The van der Waals surface area contributed by atoms with Crippen molar-refractivity contribution in [2.24, 2.45) is 0 Å². The van der Waals surface area contributed by atoms with E-state index in [-0.39, 0.29) is 5.56 Å².